The Bertz CT molecular complexity index is 1380. The van der Waals surface area contributed by atoms with Gasteiger partial charge in [-0.15, -0.1) is 0 Å². The van der Waals surface area contributed by atoms with Crippen LogP contribution in [0, 0.1) is 18.8 Å². The van der Waals surface area contributed by atoms with Gasteiger partial charge in [-0.1, -0.05) is 70.0 Å². The van der Waals surface area contributed by atoms with Crippen LogP contribution in [0.25, 0.3) is 0 Å². The number of hydrogen-bond donors (Lipinski definition) is 0. The van der Waals surface area contributed by atoms with E-state index in [9.17, 15) is 19.2 Å². The van der Waals surface area contributed by atoms with Crippen LogP contribution in [0.2, 0.25) is 0 Å². The molecule has 1 spiro atoms. The Kier molecular flexibility index (Phi) is 4.53. The molecule has 0 bridgehead atoms. The van der Waals surface area contributed by atoms with Crippen molar-refractivity contribution in [1.82, 2.24) is 0 Å². The molecule has 0 radical (unpaired) electrons. The summed E-state index contributed by atoms with van der Waals surface area (Å²) < 4.78 is 7.09. The summed E-state index contributed by atoms with van der Waals surface area (Å²) in [5.74, 6) is -4.44. The average molecular weight is 516 g/mol. The van der Waals surface area contributed by atoms with Gasteiger partial charge >= 0.3 is 0 Å². The summed E-state index contributed by atoms with van der Waals surface area (Å²) in [6, 6.07) is 20.6. The van der Waals surface area contributed by atoms with Crippen molar-refractivity contribution in [3.8, 4) is 0 Å². The fraction of sp³-hybridized carbons (Fsp3) is 0.185. The van der Waals surface area contributed by atoms with E-state index in [0.717, 1.165) is 14.9 Å². The van der Waals surface area contributed by atoms with Crippen molar-refractivity contribution >= 4 is 45.0 Å². The second kappa shape index (κ2) is 7.29. The van der Waals surface area contributed by atoms with Gasteiger partial charge in [-0.2, -0.15) is 0 Å². The van der Waals surface area contributed by atoms with E-state index in [0.29, 0.717) is 11.3 Å². The molecule has 2 fully saturated rings. The molecule has 0 aromatic heterocycles. The van der Waals surface area contributed by atoms with Crippen LogP contribution in [0.3, 0.4) is 0 Å². The summed E-state index contributed by atoms with van der Waals surface area (Å²) in [6.45, 7) is 1.91. The molecule has 3 aromatic rings. The lowest BCUT2D eigenvalue weighted by Gasteiger charge is -2.27. The monoisotopic (exact) mass is 515 g/mol. The van der Waals surface area contributed by atoms with Gasteiger partial charge in [0.05, 0.1) is 23.6 Å². The lowest BCUT2D eigenvalue weighted by atomic mass is 9.77. The molecule has 6 nitrogen and oxygen atoms in total. The van der Waals surface area contributed by atoms with E-state index in [4.69, 9.17) is 4.74 Å². The van der Waals surface area contributed by atoms with Gasteiger partial charge in [0, 0.05) is 15.6 Å². The molecule has 3 aromatic carbocycles. The first-order chi connectivity index (χ1) is 16.3. The molecule has 3 atom stereocenters. The number of halogens is 1. The molecule has 2 heterocycles. The number of rotatable bonds is 2. The maximum atomic E-state index is 13.8. The Morgan fingerprint density at radius 2 is 1.47 bits per heavy atom. The van der Waals surface area contributed by atoms with E-state index in [1.54, 1.807) is 54.6 Å². The number of carbonyl (C=O) groups is 4. The third-order valence-corrected chi connectivity index (χ3v) is 7.50. The van der Waals surface area contributed by atoms with E-state index >= 15 is 0 Å². The van der Waals surface area contributed by atoms with Crippen molar-refractivity contribution < 1.29 is 23.9 Å². The summed E-state index contributed by atoms with van der Waals surface area (Å²) in [4.78, 5) is 56.2. The molecule has 2 amide bonds. The van der Waals surface area contributed by atoms with Crippen molar-refractivity contribution in [2.75, 3.05) is 4.90 Å². The smallest absolute Gasteiger partial charge is 0.241 e. The second-order valence-corrected chi connectivity index (χ2v) is 9.80. The standard InChI is InChI=1S/C27H18BrNO5/c1-14-5-4-6-15(13-14)22-20-21(26(33)29(25(20)32)17-11-9-16(28)10-12-17)27(34-22)23(30)18-7-2-3-8-19(18)24(27)31/h2-13,20-22H,1H3/t20-,21-,22-/m0/s1. The summed E-state index contributed by atoms with van der Waals surface area (Å²) in [6.07, 6.45) is -0.913. The Morgan fingerprint density at radius 1 is 0.824 bits per heavy atom. The van der Waals surface area contributed by atoms with Crippen LogP contribution in [-0.4, -0.2) is 29.0 Å². The highest BCUT2D eigenvalue weighted by Gasteiger charge is 2.74. The number of nitrogens with zero attached hydrogens (tertiary/aromatic N) is 1. The summed E-state index contributed by atoms with van der Waals surface area (Å²) in [5, 5.41) is 0. The summed E-state index contributed by atoms with van der Waals surface area (Å²) >= 11 is 3.36. The first-order valence-electron chi connectivity index (χ1n) is 10.9. The van der Waals surface area contributed by atoms with Gasteiger partial charge < -0.3 is 4.74 Å². The van der Waals surface area contributed by atoms with Crippen molar-refractivity contribution in [2.24, 2.45) is 11.8 Å². The van der Waals surface area contributed by atoms with Gasteiger partial charge in [0.15, 0.2) is 0 Å². The lowest BCUT2D eigenvalue weighted by molar-refractivity contribution is -0.127. The number of ether oxygens (including phenoxy) is 1. The zero-order valence-corrected chi connectivity index (χ0v) is 19.6. The van der Waals surface area contributed by atoms with E-state index in [2.05, 4.69) is 15.9 Å². The number of hydrogen-bond acceptors (Lipinski definition) is 5. The summed E-state index contributed by atoms with van der Waals surface area (Å²) in [5.41, 5.74) is 0.368. The molecule has 34 heavy (non-hydrogen) atoms. The Balaban J connectivity index is 1.55. The first kappa shape index (κ1) is 21.1. The number of Topliss-reactive ketones (excluding diaryl/α,β-unsaturated/α-hetero) is 2. The van der Waals surface area contributed by atoms with Gasteiger partial charge in [-0.3, -0.25) is 19.2 Å². The van der Waals surface area contributed by atoms with Gasteiger partial charge in [0.25, 0.3) is 0 Å². The lowest BCUT2D eigenvalue weighted by Crippen LogP contribution is -2.51. The van der Waals surface area contributed by atoms with Crippen molar-refractivity contribution in [2.45, 2.75) is 18.6 Å². The molecular weight excluding hydrogens is 498 g/mol. The van der Waals surface area contributed by atoms with E-state index < -0.39 is 46.9 Å². The molecule has 3 aliphatic rings. The molecule has 0 saturated carbocycles. The molecule has 0 N–H and O–H groups in total. The van der Waals surface area contributed by atoms with Crippen LogP contribution >= 0.6 is 15.9 Å². The highest BCUT2D eigenvalue weighted by atomic mass is 79.9. The largest absolute Gasteiger partial charge is 0.349 e. The number of imide groups is 1. The van der Waals surface area contributed by atoms with Crippen LogP contribution < -0.4 is 4.90 Å². The van der Waals surface area contributed by atoms with Crippen LogP contribution in [-0.2, 0) is 14.3 Å². The molecular formula is C27H18BrNO5. The third kappa shape index (κ3) is 2.65. The maximum Gasteiger partial charge on any atom is 0.241 e. The second-order valence-electron chi connectivity index (χ2n) is 8.88. The third-order valence-electron chi connectivity index (χ3n) is 6.97. The van der Waals surface area contributed by atoms with Gasteiger partial charge in [-0.05, 0) is 36.8 Å². The predicted molar refractivity (Wildman–Crippen MR) is 126 cm³/mol. The molecule has 2 saturated heterocycles. The van der Waals surface area contributed by atoms with Crippen LogP contribution in [0.4, 0.5) is 5.69 Å². The van der Waals surface area contributed by atoms with E-state index in [-0.39, 0.29) is 11.1 Å². The number of carbonyl (C=O) groups excluding carboxylic acids is 4. The zero-order valence-electron chi connectivity index (χ0n) is 18.0. The number of aryl methyl sites for hydroxylation is 1. The minimum Gasteiger partial charge on any atom is -0.349 e. The number of ketones is 2. The fourth-order valence-corrected chi connectivity index (χ4v) is 5.77. The molecule has 1 aliphatic carbocycles. The zero-order chi connectivity index (χ0) is 23.8. The van der Waals surface area contributed by atoms with Gasteiger partial charge in [0.2, 0.25) is 29.0 Å². The number of benzene rings is 3. The van der Waals surface area contributed by atoms with Crippen molar-refractivity contribution in [3.63, 3.8) is 0 Å². The number of fused-ring (bicyclic) bond motifs is 3. The van der Waals surface area contributed by atoms with Crippen LogP contribution in [0.5, 0.6) is 0 Å². The maximum absolute atomic E-state index is 13.8. The molecule has 168 valence electrons. The quantitative estimate of drug-likeness (QED) is 0.372. The van der Waals surface area contributed by atoms with Crippen molar-refractivity contribution in [1.29, 1.82) is 0 Å². The number of anilines is 1. The minimum atomic E-state index is -2.06. The molecule has 7 heteroatoms. The SMILES string of the molecule is Cc1cccc([C@@H]2OC3(C(=O)c4ccccc4C3=O)[C@@H]3C(=O)N(c4ccc(Br)cc4)C(=O)[C@@H]32)c1. The number of amides is 2. The molecule has 2 aliphatic heterocycles. The Labute approximate surface area is 203 Å². The van der Waals surface area contributed by atoms with Gasteiger partial charge in [0.1, 0.15) is 0 Å². The van der Waals surface area contributed by atoms with E-state index in [1.165, 1.54) is 0 Å². The van der Waals surface area contributed by atoms with E-state index in [1.807, 2.05) is 25.1 Å². The van der Waals surface area contributed by atoms with Crippen molar-refractivity contribution in [3.05, 3.63) is 99.5 Å². The average Bonchev–Trinajstić information content (AvgIpc) is 3.40. The normalized spacial score (nSPS) is 24.8. The minimum absolute atomic E-state index is 0.221. The molecule has 0 unspecified atom stereocenters. The first-order valence-corrected chi connectivity index (χ1v) is 11.7. The summed E-state index contributed by atoms with van der Waals surface area (Å²) in [7, 11) is 0. The highest BCUT2D eigenvalue weighted by molar-refractivity contribution is 9.10. The highest BCUT2D eigenvalue weighted by Crippen LogP contribution is 2.57. The van der Waals surface area contributed by atoms with Gasteiger partial charge in [-0.25, -0.2) is 4.90 Å². The Morgan fingerprint density at radius 3 is 2.09 bits per heavy atom. The topological polar surface area (TPSA) is 80.8 Å². The Hall–Kier alpha value is -3.42. The fourth-order valence-electron chi connectivity index (χ4n) is 5.51. The van der Waals surface area contributed by atoms with Crippen LogP contribution in [0.15, 0.2) is 77.3 Å². The molecule has 6 rings (SSSR count). The predicted octanol–water partition coefficient (Wildman–Crippen LogP) is 4.45. The van der Waals surface area contributed by atoms with Crippen LogP contribution in [0.1, 0.15) is 37.9 Å².